The van der Waals surface area contributed by atoms with Crippen LogP contribution in [0.4, 0.5) is 0 Å². The molecular weight excluding hydrogens is 466 g/mol. The molecule has 0 aliphatic carbocycles. The minimum Gasteiger partial charge on any atom is -0.497 e. The van der Waals surface area contributed by atoms with E-state index in [9.17, 15) is 13.2 Å². The molecule has 0 aliphatic rings. The molecule has 0 saturated heterocycles. The molecule has 3 aromatic carbocycles. The van der Waals surface area contributed by atoms with Crippen LogP contribution < -0.4 is 25.2 Å². The molecule has 3 aromatic rings. The number of carbonyl (C=O) groups excluding carboxylic acids is 1. The predicted octanol–water partition coefficient (Wildman–Crippen LogP) is 2.58. The van der Waals surface area contributed by atoms with Crippen LogP contribution in [0.2, 0.25) is 0 Å². The van der Waals surface area contributed by atoms with Gasteiger partial charge in [-0.1, -0.05) is 36.4 Å². The standard InChI is InChI=1S/C26H31N3O5S/c1-33-22-9-3-20(4-10-22)17-25(21-7-11-23(34-2)12-8-21)29-18-26(30)28-16-15-19-5-13-24(14-6-19)35(27,31)32/h3-14,25,29H,15-18H2,1-2H3,(H,28,30)(H2,27,31,32)/t25-/m0/s1. The van der Waals surface area contributed by atoms with Gasteiger partial charge in [-0.05, 0) is 65.9 Å². The molecule has 0 bridgehead atoms. The summed E-state index contributed by atoms with van der Waals surface area (Å²) in [4.78, 5) is 12.6. The first-order chi connectivity index (χ1) is 16.8. The van der Waals surface area contributed by atoms with Crippen LogP contribution in [0.25, 0.3) is 0 Å². The Bertz CT molecular complexity index is 1200. The van der Waals surface area contributed by atoms with E-state index >= 15 is 0 Å². The monoisotopic (exact) mass is 497 g/mol. The predicted molar refractivity (Wildman–Crippen MR) is 135 cm³/mol. The summed E-state index contributed by atoms with van der Waals surface area (Å²) in [6.45, 7) is 0.581. The number of hydrogen-bond donors (Lipinski definition) is 3. The quantitative estimate of drug-likeness (QED) is 0.354. The van der Waals surface area contributed by atoms with Crippen molar-refractivity contribution in [1.82, 2.24) is 10.6 Å². The Hall–Kier alpha value is -3.40. The van der Waals surface area contributed by atoms with Gasteiger partial charge in [0, 0.05) is 12.6 Å². The maximum atomic E-state index is 12.5. The van der Waals surface area contributed by atoms with Gasteiger partial charge in [0.1, 0.15) is 11.5 Å². The van der Waals surface area contributed by atoms with E-state index < -0.39 is 10.0 Å². The van der Waals surface area contributed by atoms with Gasteiger partial charge in [0.2, 0.25) is 15.9 Å². The van der Waals surface area contributed by atoms with Gasteiger partial charge in [-0.15, -0.1) is 0 Å². The summed E-state index contributed by atoms with van der Waals surface area (Å²) < 4.78 is 33.2. The van der Waals surface area contributed by atoms with Crippen molar-refractivity contribution >= 4 is 15.9 Å². The van der Waals surface area contributed by atoms with Crippen LogP contribution in [0, 0.1) is 0 Å². The first-order valence-electron chi connectivity index (χ1n) is 11.2. The second kappa shape index (κ2) is 12.3. The Labute approximate surface area is 206 Å². The van der Waals surface area contributed by atoms with Crippen molar-refractivity contribution in [3.63, 3.8) is 0 Å². The maximum Gasteiger partial charge on any atom is 0.238 e. The number of sulfonamides is 1. The summed E-state index contributed by atoms with van der Waals surface area (Å²) >= 11 is 0. The van der Waals surface area contributed by atoms with E-state index in [0.717, 1.165) is 28.2 Å². The van der Waals surface area contributed by atoms with Crippen LogP contribution in [-0.4, -0.2) is 41.6 Å². The third-order valence-electron chi connectivity index (χ3n) is 5.61. The molecule has 35 heavy (non-hydrogen) atoms. The summed E-state index contributed by atoms with van der Waals surface area (Å²) in [5.41, 5.74) is 3.06. The third kappa shape index (κ3) is 8.10. The maximum absolute atomic E-state index is 12.5. The van der Waals surface area contributed by atoms with Gasteiger partial charge < -0.3 is 20.1 Å². The molecule has 3 rings (SSSR count). The molecule has 186 valence electrons. The van der Waals surface area contributed by atoms with E-state index in [4.69, 9.17) is 14.6 Å². The molecule has 0 heterocycles. The number of ether oxygens (including phenoxy) is 2. The topological polar surface area (TPSA) is 120 Å². The lowest BCUT2D eigenvalue weighted by atomic mass is 9.98. The Morgan fingerprint density at radius 3 is 1.94 bits per heavy atom. The summed E-state index contributed by atoms with van der Waals surface area (Å²) in [6.07, 6.45) is 1.27. The lowest BCUT2D eigenvalue weighted by Crippen LogP contribution is -2.37. The molecule has 1 atom stereocenters. The van der Waals surface area contributed by atoms with Crippen LogP contribution in [0.5, 0.6) is 11.5 Å². The van der Waals surface area contributed by atoms with E-state index in [1.54, 1.807) is 26.4 Å². The fourth-order valence-electron chi connectivity index (χ4n) is 3.61. The number of carbonyl (C=O) groups is 1. The third-order valence-corrected chi connectivity index (χ3v) is 6.54. The number of methoxy groups -OCH3 is 2. The summed E-state index contributed by atoms with van der Waals surface area (Å²) in [5, 5.41) is 11.4. The molecule has 0 aromatic heterocycles. The van der Waals surface area contributed by atoms with Crippen molar-refractivity contribution in [3.8, 4) is 11.5 Å². The highest BCUT2D eigenvalue weighted by atomic mass is 32.2. The van der Waals surface area contributed by atoms with Gasteiger partial charge in [0.05, 0.1) is 25.7 Å². The van der Waals surface area contributed by atoms with Crippen molar-refractivity contribution in [2.45, 2.75) is 23.8 Å². The smallest absolute Gasteiger partial charge is 0.238 e. The lowest BCUT2D eigenvalue weighted by Gasteiger charge is -2.20. The highest BCUT2D eigenvalue weighted by molar-refractivity contribution is 7.89. The highest BCUT2D eigenvalue weighted by Crippen LogP contribution is 2.22. The number of benzene rings is 3. The van der Waals surface area contributed by atoms with Crippen LogP contribution in [0.15, 0.2) is 77.7 Å². The highest BCUT2D eigenvalue weighted by Gasteiger charge is 2.14. The lowest BCUT2D eigenvalue weighted by molar-refractivity contribution is -0.120. The normalized spacial score (nSPS) is 12.1. The van der Waals surface area contributed by atoms with Crippen LogP contribution in [0.3, 0.4) is 0 Å². The van der Waals surface area contributed by atoms with Gasteiger partial charge in [-0.2, -0.15) is 0 Å². The Kier molecular flexibility index (Phi) is 9.25. The average molecular weight is 498 g/mol. The van der Waals surface area contributed by atoms with Crippen LogP contribution in [-0.2, 0) is 27.7 Å². The van der Waals surface area contributed by atoms with Crippen LogP contribution in [0.1, 0.15) is 22.7 Å². The van der Waals surface area contributed by atoms with Crippen molar-refractivity contribution in [3.05, 3.63) is 89.5 Å². The molecule has 8 nitrogen and oxygen atoms in total. The molecule has 0 fully saturated rings. The number of hydrogen-bond acceptors (Lipinski definition) is 6. The summed E-state index contributed by atoms with van der Waals surface area (Å²) in [6, 6.07) is 21.9. The summed E-state index contributed by atoms with van der Waals surface area (Å²) in [5.74, 6) is 1.44. The van der Waals surface area contributed by atoms with Gasteiger partial charge in [-0.3, -0.25) is 4.79 Å². The molecule has 4 N–H and O–H groups in total. The second-order valence-electron chi connectivity index (χ2n) is 8.05. The van der Waals surface area contributed by atoms with E-state index in [0.29, 0.717) is 19.4 Å². The number of rotatable bonds is 12. The average Bonchev–Trinajstić information content (AvgIpc) is 2.87. The minimum absolute atomic E-state index is 0.0657. The van der Waals surface area contributed by atoms with E-state index in [2.05, 4.69) is 10.6 Å². The number of nitrogens with two attached hydrogens (primary N) is 1. The fourth-order valence-corrected chi connectivity index (χ4v) is 4.13. The number of amides is 1. The zero-order chi connectivity index (χ0) is 25.3. The van der Waals surface area contributed by atoms with Crippen molar-refractivity contribution in [2.24, 2.45) is 5.14 Å². The number of nitrogens with one attached hydrogen (secondary N) is 2. The minimum atomic E-state index is -3.71. The van der Waals surface area contributed by atoms with E-state index in [-0.39, 0.29) is 23.4 Å². The first kappa shape index (κ1) is 26.2. The van der Waals surface area contributed by atoms with Crippen molar-refractivity contribution < 1.29 is 22.7 Å². The SMILES string of the molecule is COc1ccc(C[C@H](NCC(=O)NCCc2ccc(S(N)(=O)=O)cc2)c2ccc(OC)cc2)cc1. The molecule has 1 amide bonds. The molecular formula is C26H31N3O5S. The van der Waals surface area contributed by atoms with E-state index in [1.165, 1.54) is 12.1 Å². The molecule has 0 unspecified atom stereocenters. The Morgan fingerprint density at radius 1 is 0.857 bits per heavy atom. The molecule has 0 spiro atoms. The van der Waals surface area contributed by atoms with Crippen LogP contribution >= 0.6 is 0 Å². The van der Waals surface area contributed by atoms with Crippen molar-refractivity contribution in [1.29, 1.82) is 0 Å². The van der Waals surface area contributed by atoms with Crippen molar-refractivity contribution in [2.75, 3.05) is 27.3 Å². The summed E-state index contributed by atoms with van der Waals surface area (Å²) in [7, 11) is -0.454. The fraction of sp³-hybridized carbons (Fsp3) is 0.269. The largest absolute Gasteiger partial charge is 0.497 e. The molecule has 0 saturated carbocycles. The van der Waals surface area contributed by atoms with Gasteiger partial charge in [0.15, 0.2) is 0 Å². The Balaban J connectivity index is 1.56. The Morgan fingerprint density at radius 2 is 1.40 bits per heavy atom. The molecule has 9 heteroatoms. The number of primary sulfonamides is 1. The van der Waals surface area contributed by atoms with Gasteiger partial charge in [0.25, 0.3) is 0 Å². The first-order valence-corrected chi connectivity index (χ1v) is 12.7. The van der Waals surface area contributed by atoms with Gasteiger partial charge in [-0.25, -0.2) is 13.6 Å². The van der Waals surface area contributed by atoms with E-state index in [1.807, 2.05) is 48.5 Å². The van der Waals surface area contributed by atoms with Gasteiger partial charge >= 0.3 is 0 Å². The molecule has 0 aliphatic heterocycles. The second-order valence-corrected chi connectivity index (χ2v) is 9.61. The zero-order valence-corrected chi connectivity index (χ0v) is 20.7. The zero-order valence-electron chi connectivity index (χ0n) is 19.9. The molecule has 0 radical (unpaired) electrons.